The van der Waals surface area contributed by atoms with Gasteiger partial charge in [0.1, 0.15) is 11.4 Å². The number of esters is 1. The first kappa shape index (κ1) is 19.2. The van der Waals surface area contributed by atoms with Crippen LogP contribution in [-0.4, -0.2) is 35.9 Å². The molecule has 1 aromatic heterocycles. The Kier molecular flexibility index (Phi) is 5.66. The molecule has 0 unspecified atom stereocenters. The van der Waals surface area contributed by atoms with E-state index in [0.717, 1.165) is 0 Å². The fourth-order valence-electron chi connectivity index (χ4n) is 2.03. The van der Waals surface area contributed by atoms with Crippen molar-refractivity contribution in [3.63, 3.8) is 0 Å². The molecule has 0 aromatic carbocycles. The van der Waals surface area contributed by atoms with E-state index in [9.17, 15) is 9.18 Å². The number of halogens is 1. The Morgan fingerprint density at radius 1 is 1.32 bits per heavy atom. The summed E-state index contributed by atoms with van der Waals surface area (Å²) >= 11 is 0. The monoisotopic (exact) mass is 345 g/mol. The highest BCUT2D eigenvalue weighted by Gasteiger charge is 2.53. The molecule has 1 aromatic rings. The smallest absolute Gasteiger partial charge is 0.456 e. The molecule has 0 bridgehead atoms. The number of hydrogen-bond donors (Lipinski definition) is 0. The van der Waals surface area contributed by atoms with Crippen molar-refractivity contribution in [2.24, 2.45) is 0 Å². The highest BCUT2D eigenvalue weighted by atomic mass is 19.1. The summed E-state index contributed by atoms with van der Waals surface area (Å²) in [4.78, 5) is 15.2. The minimum Gasteiger partial charge on any atom is -0.456 e. The number of carbonyl (C=O) groups excluding carboxylic acids is 1. The molecule has 0 saturated carbocycles. The average molecular weight is 345 g/mol. The van der Waals surface area contributed by atoms with Crippen molar-refractivity contribution < 1.29 is 23.2 Å². The van der Waals surface area contributed by atoms with Gasteiger partial charge in [0.05, 0.1) is 17.8 Å². The lowest BCUT2D eigenvalue weighted by molar-refractivity contribution is -0.136. The van der Waals surface area contributed by atoms with Crippen LogP contribution in [0.3, 0.4) is 0 Å². The summed E-state index contributed by atoms with van der Waals surface area (Å²) < 4.78 is 30.4. The van der Waals surface area contributed by atoms with Gasteiger partial charge in [0.2, 0.25) is 0 Å². The van der Waals surface area contributed by atoms with Crippen LogP contribution in [-0.2, 0) is 18.8 Å². The molecule has 5 nitrogen and oxygen atoms in total. The highest BCUT2D eigenvalue weighted by Crippen LogP contribution is 2.38. The Morgan fingerprint density at radius 3 is 2.48 bits per heavy atom. The second-order valence-corrected chi connectivity index (χ2v) is 6.56. The summed E-state index contributed by atoms with van der Waals surface area (Å²) in [6.45, 7) is 9.41. The number of carbonyl (C=O) groups is 1. The van der Waals surface area contributed by atoms with E-state index in [1.54, 1.807) is 19.1 Å². The van der Waals surface area contributed by atoms with Crippen LogP contribution in [0.5, 0.6) is 0 Å². The van der Waals surface area contributed by atoms with Gasteiger partial charge in [-0.3, -0.25) is 0 Å². The highest BCUT2D eigenvalue weighted by molar-refractivity contribution is 6.54. The molecule has 1 aliphatic heterocycles. The maximum atomic E-state index is 14.4. The molecule has 1 saturated heterocycles. The first-order valence-electron chi connectivity index (χ1n) is 8.02. The summed E-state index contributed by atoms with van der Waals surface area (Å²) in [5.41, 5.74) is -0.817. The van der Waals surface area contributed by atoms with Gasteiger partial charge in [-0.1, -0.05) is 6.07 Å². The van der Waals surface area contributed by atoms with Crippen LogP contribution in [0.4, 0.5) is 4.39 Å². The van der Waals surface area contributed by atoms with Crippen molar-refractivity contribution in [3.8, 4) is 11.8 Å². The van der Waals surface area contributed by atoms with Gasteiger partial charge < -0.3 is 14.0 Å². The molecule has 1 fully saturated rings. The number of rotatable bonds is 3. The number of pyridine rings is 1. The number of aromatic nitrogens is 1. The maximum Gasteiger partial charge on any atom is 0.525 e. The van der Waals surface area contributed by atoms with Crippen molar-refractivity contribution >= 4 is 19.2 Å². The normalized spacial score (nSPS) is 18.5. The lowest BCUT2D eigenvalue weighted by Gasteiger charge is -2.32. The van der Waals surface area contributed by atoms with Gasteiger partial charge in [-0.25, -0.2) is 14.2 Å². The number of ether oxygens (including phenoxy) is 1. The van der Waals surface area contributed by atoms with Crippen molar-refractivity contribution in [2.45, 2.75) is 45.8 Å². The van der Waals surface area contributed by atoms with Gasteiger partial charge >= 0.3 is 13.1 Å². The Balaban J connectivity index is 2.08. The van der Waals surface area contributed by atoms with E-state index in [1.807, 2.05) is 27.7 Å². The summed E-state index contributed by atoms with van der Waals surface area (Å²) in [5.74, 6) is 4.30. The van der Waals surface area contributed by atoms with Crippen LogP contribution in [0.2, 0.25) is 0 Å². The number of hydrogen-bond acceptors (Lipinski definition) is 5. The quantitative estimate of drug-likeness (QED) is 0.479. The molecular weight excluding hydrogens is 324 g/mol. The number of nitrogens with zero attached hydrogens (tertiary/aromatic N) is 1. The fraction of sp³-hybridized carbons (Fsp3) is 0.444. The van der Waals surface area contributed by atoms with E-state index in [2.05, 4.69) is 16.8 Å². The maximum absolute atomic E-state index is 14.4. The minimum atomic E-state index is -1.05. The van der Waals surface area contributed by atoms with Gasteiger partial charge in [-0.05, 0) is 58.2 Å². The van der Waals surface area contributed by atoms with E-state index in [1.165, 1.54) is 12.3 Å². The van der Waals surface area contributed by atoms with Crippen molar-refractivity contribution in [1.29, 1.82) is 0 Å². The van der Waals surface area contributed by atoms with Gasteiger partial charge in [0.15, 0.2) is 0 Å². The Hall–Kier alpha value is -2.17. The fourth-order valence-corrected chi connectivity index (χ4v) is 2.03. The zero-order valence-electron chi connectivity index (χ0n) is 15.1. The first-order chi connectivity index (χ1) is 11.6. The molecule has 0 spiro atoms. The molecule has 0 N–H and O–H groups in total. The Labute approximate surface area is 147 Å². The largest absolute Gasteiger partial charge is 0.525 e. The first-order valence-corrected chi connectivity index (χ1v) is 8.02. The topological polar surface area (TPSA) is 57.7 Å². The van der Waals surface area contributed by atoms with Crippen molar-refractivity contribution in [2.75, 3.05) is 6.61 Å². The van der Waals surface area contributed by atoms with Crippen LogP contribution in [0, 0.1) is 11.8 Å². The summed E-state index contributed by atoms with van der Waals surface area (Å²) in [6, 6.07) is 3.24. The van der Waals surface area contributed by atoms with E-state index in [4.69, 9.17) is 14.0 Å². The second-order valence-electron chi connectivity index (χ2n) is 6.56. The molecule has 1 aliphatic rings. The third-order valence-electron chi connectivity index (χ3n) is 4.14. The summed E-state index contributed by atoms with van der Waals surface area (Å²) in [5, 5.41) is 0. The lowest BCUT2D eigenvalue weighted by Crippen LogP contribution is -2.41. The predicted molar refractivity (Wildman–Crippen MR) is 92.9 cm³/mol. The van der Waals surface area contributed by atoms with Crippen LogP contribution in [0.15, 0.2) is 24.1 Å². The van der Waals surface area contributed by atoms with E-state index in [0.29, 0.717) is 11.3 Å². The third kappa shape index (κ3) is 4.68. The summed E-state index contributed by atoms with van der Waals surface area (Å²) in [7, 11) is -1.05. The van der Waals surface area contributed by atoms with Gasteiger partial charge in [-0.15, -0.1) is 0 Å². The molecule has 0 atom stereocenters. The van der Waals surface area contributed by atoms with E-state index >= 15 is 0 Å². The van der Waals surface area contributed by atoms with Gasteiger partial charge in [-0.2, -0.15) is 0 Å². The zero-order chi connectivity index (χ0) is 18.7. The summed E-state index contributed by atoms with van der Waals surface area (Å²) in [6.07, 6.45) is 2.76. The van der Waals surface area contributed by atoms with Gasteiger partial charge in [0.25, 0.3) is 0 Å². The van der Waals surface area contributed by atoms with E-state index in [-0.39, 0.29) is 6.61 Å². The Morgan fingerprint density at radius 2 is 1.96 bits per heavy atom. The Bertz CT molecular complexity index is 716. The van der Waals surface area contributed by atoms with E-state index < -0.39 is 30.0 Å². The molecule has 7 heteroatoms. The molecule has 2 rings (SSSR count). The standard InChI is InChI=1S/C18H21BFNO4/c1-6-23-16(22)10-9-14-8-7-13(12-21-14)11-15(20)19-24-17(2,3)18(4,5)25-19/h7-8,11-12H,6H2,1-5H3. The lowest BCUT2D eigenvalue weighted by atomic mass is 9.87. The molecule has 2 heterocycles. The van der Waals surface area contributed by atoms with Crippen LogP contribution in [0.1, 0.15) is 45.9 Å². The van der Waals surface area contributed by atoms with Crippen molar-refractivity contribution in [1.82, 2.24) is 4.98 Å². The zero-order valence-corrected chi connectivity index (χ0v) is 15.1. The van der Waals surface area contributed by atoms with Crippen LogP contribution < -0.4 is 0 Å². The van der Waals surface area contributed by atoms with Crippen LogP contribution in [0.25, 0.3) is 6.08 Å². The van der Waals surface area contributed by atoms with Crippen LogP contribution >= 0.6 is 0 Å². The molecule has 132 valence electrons. The molecular formula is C18H21BFNO4. The third-order valence-corrected chi connectivity index (χ3v) is 4.14. The second kappa shape index (κ2) is 7.38. The van der Waals surface area contributed by atoms with Gasteiger partial charge in [0, 0.05) is 12.1 Å². The molecule has 0 aliphatic carbocycles. The minimum absolute atomic E-state index is 0.267. The SMILES string of the molecule is CCOC(=O)C#Cc1ccc(C=C(F)B2OC(C)(C)C(C)(C)O2)cn1. The molecule has 0 amide bonds. The average Bonchev–Trinajstić information content (AvgIpc) is 2.75. The molecule has 0 radical (unpaired) electrons. The predicted octanol–water partition coefficient (Wildman–Crippen LogP) is 2.94. The molecule has 25 heavy (non-hydrogen) atoms. The van der Waals surface area contributed by atoms with Crippen molar-refractivity contribution in [3.05, 3.63) is 35.3 Å².